The molecule has 1 rings (SSSR count). The van der Waals surface area contributed by atoms with Gasteiger partial charge in [-0.15, -0.1) is 0 Å². The highest BCUT2D eigenvalue weighted by Gasteiger charge is 2.23. The fourth-order valence-electron chi connectivity index (χ4n) is 1.63. The van der Waals surface area contributed by atoms with Gasteiger partial charge in [-0.25, -0.2) is 13.1 Å². The number of rotatable bonds is 5. The van der Waals surface area contributed by atoms with Crippen LogP contribution in [0.5, 0.6) is 0 Å². The summed E-state index contributed by atoms with van der Waals surface area (Å²) in [5.74, 6) is -0.397. The summed E-state index contributed by atoms with van der Waals surface area (Å²) in [4.78, 5) is 16.0. The van der Waals surface area contributed by atoms with Crippen molar-refractivity contribution in [2.45, 2.75) is 26.3 Å². The Morgan fingerprint density at radius 2 is 2.05 bits per heavy atom. The molecule has 0 unspecified atom stereocenters. The number of amides is 1. The number of carbonyl (C=O) groups is 1. The van der Waals surface area contributed by atoms with E-state index in [1.54, 1.807) is 26.8 Å². The Labute approximate surface area is 124 Å². The van der Waals surface area contributed by atoms with Gasteiger partial charge in [0.1, 0.15) is 0 Å². The second-order valence-electron chi connectivity index (χ2n) is 5.25. The third-order valence-electron chi connectivity index (χ3n) is 2.39. The van der Waals surface area contributed by atoms with Crippen molar-refractivity contribution in [2.24, 2.45) is 0 Å². The standard InChI is InChI=1S/C12H18ClN3O3S/c1-8-5-10(13)9(6-14-8)11(17)15-7-12(2,3)16-20(4,18)19/h5-6,16H,7H2,1-4H3,(H,15,17). The molecule has 1 amide bonds. The van der Waals surface area contributed by atoms with Crippen molar-refractivity contribution < 1.29 is 13.2 Å². The molecule has 0 bridgehead atoms. The lowest BCUT2D eigenvalue weighted by Crippen LogP contribution is -2.51. The zero-order valence-electron chi connectivity index (χ0n) is 11.8. The van der Waals surface area contributed by atoms with E-state index in [1.807, 2.05) is 0 Å². The highest BCUT2D eigenvalue weighted by Crippen LogP contribution is 2.15. The lowest BCUT2D eigenvalue weighted by Gasteiger charge is -2.25. The van der Waals surface area contributed by atoms with E-state index in [1.165, 1.54) is 6.20 Å². The first-order valence-corrected chi connectivity index (χ1v) is 8.16. The number of halogens is 1. The van der Waals surface area contributed by atoms with Gasteiger partial charge in [0, 0.05) is 24.0 Å². The fraction of sp³-hybridized carbons (Fsp3) is 0.500. The molecule has 20 heavy (non-hydrogen) atoms. The number of pyridine rings is 1. The number of nitrogens with one attached hydrogen (secondary N) is 2. The number of hydrogen-bond donors (Lipinski definition) is 2. The predicted molar refractivity (Wildman–Crippen MR) is 78.4 cm³/mol. The predicted octanol–water partition coefficient (Wildman–Crippen LogP) is 1.10. The van der Waals surface area contributed by atoms with E-state index >= 15 is 0 Å². The molecule has 0 saturated carbocycles. The van der Waals surface area contributed by atoms with E-state index in [4.69, 9.17) is 11.6 Å². The van der Waals surface area contributed by atoms with Crippen molar-refractivity contribution >= 4 is 27.5 Å². The first-order chi connectivity index (χ1) is 9.00. The number of aromatic nitrogens is 1. The molecule has 1 aromatic rings. The zero-order valence-corrected chi connectivity index (χ0v) is 13.4. The maximum atomic E-state index is 12.0. The van der Waals surface area contributed by atoms with Crippen LogP contribution >= 0.6 is 11.6 Å². The lowest BCUT2D eigenvalue weighted by atomic mass is 10.1. The average Bonchev–Trinajstić information content (AvgIpc) is 2.22. The lowest BCUT2D eigenvalue weighted by molar-refractivity contribution is 0.0944. The van der Waals surface area contributed by atoms with Crippen molar-refractivity contribution in [3.8, 4) is 0 Å². The summed E-state index contributed by atoms with van der Waals surface area (Å²) in [6.45, 7) is 5.24. The Bertz CT molecular complexity index is 614. The van der Waals surface area contributed by atoms with Crippen molar-refractivity contribution in [1.29, 1.82) is 0 Å². The number of sulfonamides is 1. The van der Waals surface area contributed by atoms with Crippen LogP contribution in [0.2, 0.25) is 5.02 Å². The molecule has 0 aromatic carbocycles. The number of hydrogen-bond acceptors (Lipinski definition) is 4. The van der Waals surface area contributed by atoms with Gasteiger partial charge in [0.05, 0.1) is 16.8 Å². The maximum absolute atomic E-state index is 12.0. The fourth-order valence-corrected chi connectivity index (χ4v) is 3.00. The maximum Gasteiger partial charge on any atom is 0.254 e. The number of aryl methyl sites for hydroxylation is 1. The highest BCUT2D eigenvalue weighted by atomic mass is 35.5. The first kappa shape index (κ1) is 16.9. The van der Waals surface area contributed by atoms with Crippen molar-refractivity contribution in [3.05, 3.63) is 28.5 Å². The molecule has 0 aliphatic rings. The molecule has 0 atom stereocenters. The van der Waals surface area contributed by atoms with Gasteiger partial charge >= 0.3 is 0 Å². The van der Waals surface area contributed by atoms with Crippen LogP contribution in [0.15, 0.2) is 12.3 Å². The van der Waals surface area contributed by atoms with Crippen molar-refractivity contribution in [2.75, 3.05) is 12.8 Å². The Balaban J connectivity index is 2.72. The van der Waals surface area contributed by atoms with E-state index in [0.717, 1.165) is 6.26 Å². The topological polar surface area (TPSA) is 88.2 Å². The molecule has 112 valence electrons. The van der Waals surface area contributed by atoms with Crippen LogP contribution < -0.4 is 10.0 Å². The van der Waals surface area contributed by atoms with Crippen LogP contribution in [-0.4, -0.2) is 37.6 Å². The Kier molecular flexibility index (Phi) is 5.12. The van der Waals surface area contributed by atoms with Gasteiger partial charge in [0.15, 0.2) is 0 Å². The molecule has 0 radical (unpaired) electrons. The van der Waals surface area contributed by atoms with Crippen molar-refractivity contribution in [3.63, 3.8) is 0 Å². The third-order valence-corrected chi connectivity index (χ3v) is 3.62. The van der Waals surface area contributed by atoms with Gasteiger partial charge in [-0.3, -0.25) is 9.78 Å². The molecule has 6 nitrogen and oxygen atoms in total. The third kappa shape index (κ3) is 5.44. The van der Waals surface area contributed by atoms with Gasteiger partial charge < -0.3 is 5.32 Å². The Hall–Kier alpha value is -1.18. The smallest absolute Gasteiger partial charge is 0.254 e. The summed E-state index contributed by atoms with van der Waals surface area (Å²) in [6, 6.07) is 1.59. The molecule has 0 saturated heterocycles. The van der Waals surface area contributed by atoms with Crippen LogP contribution in [0.4, 0.5) is 0 Å². The van der Waals surface area contributed by atoms with Crippen LogP contribution in [0, 0.1) is 6.92 Å². The average molecular weight is 320 g/mol. The van der Waals surface area contributed by atoms with Crippen LogP contribution in [0.3, 0.4) is 0 Å². The summed E-state index contributed by atoms with van der Waals surface area (Å²) in [5, 5.41) is 2.94. The Morgan fingerprint density at radius 1 is 1.45 bits per heavy atom. The molecular formula is C12H18ClN3O3S. The minimum Gasteiger partial charge on any atom is -0.350 e. The monoisotopic (exact) mass is 319 g/mol. The second-order valence-corrected chi connectivity index (χ2v) is 7.40. The largest absolute Gasteiger partial charge is 0.350 e. The molecule has 8 heteroatoms. The second kappa shape index (κ2) is 6.07. The zero-order chi connectivity index (χ0) is 15.6. The van der Waals surface area contributed by atoms with Crippen LogP contribution in [-0.2, 0) is 10.0 Å². The van der Waals surface area contributed by atoms with Gasteiger partial charge in [-0.05, 0) is 26.8 Å². The quantitative estimate of drug-likeness (QED) is 0.850. The van der Waals surface area contributed by atoms with E-state index < -0.39 is 21.5 Å². The molecule has 1 aromatic heterocycles. The molecular weight excluding hydrogens is 302 g/mol. The van der Waals surface area contributed by atoms with E-state index in [0.29, 0.717) is 10.7 Å². The van der Waals surface area contributed by atoms with Gasteiger partial charge in [-0.1, -0.05) is 11.6 Å². The van der Waals surface area contributed by atoms with Gasteiger partial charge in [0.2, 0.25) is 10.0 Å². The highest BCUT2D eigenvalue weighted by molar-refractivity contribution is 7.88. The van der Waals surface area contributed by atoms with Gasteiger partial charge in [0.25, 0.3) is 5.91 Å². The van der Waals surface area contributed by atoms with Crippen molar-refractivity contribution in [1.82, 2.24) is 15.0 Å². The van der Waals surface area contributed by atoms with Crippen LogP contribution in [0.1, 0.15) is 29.9 Å². The van der Waals surface area contributed by atoms with Crippen LogP contribution in [0.25, 0.3) is 0 Å². The number of carbonyl (C=O) groups excluding carboxylic acids is 1. The molecule has 0 aliphatic heterocycles. The summed E-state index contributed by atoms with van der Waals surface area (Å²) >= 11 is 5.97. The SMILES string of the molecule is Cc1cc(Cl)c(C(=O)NCC(C)(C)NS(C)(=O)=O)cn1. The molecule has 1 heterocycles. The van der Waals surface area contributed by atoms with E-state index in [2.05, 4.69) is 15.0 Å². The minimum absolute atomic E-state index is 0.128. The summed E-state index contributed by atoms with van der Waals surface area (Å²) in [7, 11) is -3.35. The molecule has 0 spiro atoms. The summed E-state index contributed by atoms with van der Waals surface area (Å²) in [6.07, 6.45) is 2.46. The normalized spacial score (nSPS) is 12.2. The molecule has 2 N–H and O–H groups in total. The number of nitrogens with zero attached hydrogens (tertiary/aromatic N) is 1. The minimum atomic E-state index is -3.35. The molecule has 0 fully saturated rings. The summed E-state index contributed by atoms with van der Waals surface area (Å²) < 4.78 is 24.8. The molecule has 0 aliphatic carbocycles. The first-order valence-electron chi connectivity index (χ1n) is 5.89. The van der Waals surface area contributed by atoms with E-state index in [9.17, 15) is 13.2 Å². The van der Waals surface area contributed by atoms with Gasteiger partial charge in [-0.2, -0.15) is 0 Å². The summed E-state index contributed by atoms with van der Waals surface area (Å²) in [5.41, 5.74) is 0.173. The Morgan fingerprint density at radius 3 is 2.55 bits per heavy atom. The van der Waals surface area contributed by atoms with E-state index in [-0.39, 0.29) is 12.1 Å².